The van der Waals surface area contributed by atoms with Crippen LogP contribution in [0.25, 0.3) is 0 Å². The number of rotatable bonds is 16. The maximum Gasteiger partial charge on any atom is 0.191 e. The Morgan fingerprint density at radius 2 is 1.79 bits per heavy atom. The number of aryl methyl sites for hydroxylation is 1. The molecule has 7 heteroatoms. The minimum atomic E-state index is 0.540. The van der Waals surface area contributed by atoms with Crippen molar-refractivity contribution in [2.24, 2.45) is 4.99 Å². The highest BCUT2D eigenvalue weighted by Crippen LogP contribution is 2.21. The summed E-state index contributed by atoms with van der Waals surface area (Å²) in [5, 5.41) is 6.67. The first-order valence-electron chi connectivity index (χ1n) is 10.6. The summed E-state index contributed by atoms with van der Waals surface area (Å²) in [4.78, 5) is 4.71. The maximum absolute atomic E-state index is 5.91. The molecule has 166 valence electrons. The van der Waals surface area contributed by atoms with Gasteiger partial charge in [-0.25, -0.2) is 4.99 Å². The Hall–Kier alpha value is -1.83. The highest BCUT2D eigenvalue weighted by molar-refractivity contribution is 5.79. The second-order valence-electron chi connectivity index (χ2n) is 6.59. The van der Waals surface area contributed by atoms with Crippen molar-refractivity contribution in [2.75, 3.05) is 59.8 Å². The third kappa shape index (κ3) is 12.4. The van der Waals surface area contributed by atoms with E-state index in [0.29, 0.717) is 39.6 Å². The Balaban J connectivity index is 2.48. The molecular formula is C22H39N3O4. The third-order valence-electron chi connectivity index (χ3n) is 4.10. The van der Waals surface area contributed by atoms with Gasteiger partial charge in [0.1, 0.15) is 12.4 Å². The summed E-state index contributed by atoms with van der Waals surface area (Å²) in [5.74, 6) is 1.69. The normalized spacial score (nSPS) is 11.5. The summed E-state index contributed by atoms with van der Waals surface area (Å²) in [5.41, 5.74) is 2.23. The molecule has 0 aliphatic heterocycles. The molecule has 0 aromatic heterocycles. The number of guanidine groups is 1. The van der Waals surface area contributed by atoms with Gasteiger partial charge in [0.25, 0.3) is 0 Å². The molecule has 0 radical (unpaired) electrons. The number of ether oxygens (including phenoxy) is 4. The first-order valence-corrected chi connectivity index (χ1v) is 10.6. The number of benzene rings is 1. The molecule has 0 fully saturated rings. The summed E-state index contributed by atoms with van der Waals surface area (Å²) in [6, 6.07) is 6.22. The first-order chi connectivity index (χ1) is 14.2. The van der Waals surface area contributed by atoms with E-state index >= 15 is 0 Å². The van der Waals surface area contributed by atoms with Crippen LogP contribution in [-0.4, -0.2) is 65.8 Å². The number of nitrogens with one attached hydrogen (secondary N) is 2. The van der Waals surface area contributed by atoms with Crippen LogP contribution in [0.3, 0.4) is 0 Å². The van der Waals surface area contributed by atoms with Crippen molar-refractivity contribution in [1.82, 2.24) is 10.6 Å². The molecule has 0 heterocycles. The Bertz CT molecular complexity index is 567. The van der Waals surface area contributed by atoms with Crippen LogP contribution in [0.1, 0.15) is 37.8 Å². The van der Waals surface area contributed by atoms with Gasteiger partial charge >= 0.3 is 0 Å². The standard InChI is InChI=1S/C22H39N3O4/c1-5-23-22(24-11-7-8-12-28-14-13-26-4)25-18-20-10-9-19(3)17-21(20)29-16-15-27-6-2/h9-10,17H,5-8,11-16,18H2,1-4H3,(H2,23,24,25). The Morgan fingerprint density at radius 1 is 0.966 bits per heavy atom. The lowest BCUT2D eigenvalue weighted by Crippen LogP contribution is -2.37. The monoisotopic (exact) mass is 409 g/mol. The largest absolute Gasteiger partial charge is 0.491 e. The SMILES string of the molecule is CCNC(=NCc1ccc(C)cc1OCCOCC)NCCCCOCCOC. The highest BCUT2D eigenvalue weighted by Gasteiger charge is 2.05. The van der Waals surface area contributed by atoms with Crippen LogP contribution in [0.2, 0.25) is 0 Å². The van der Waals surface area contributed by atoms with Crippen LogP contribution < -0.4 is 15.4 Å². The van der Waals surface area contributed by atoms with E-state index in [2.05, 4.69) is 42.7 Å². The fourth-order valence-corrected chi connectivity index (χ4v) is 2.57. The number of aliphatic imine (C=N–C) groups is 1. The second-order valence-corrected chi connectivity index (χ2v) is 6.59. The average Bonchev–Trinajstić information content (AvgIpc) is 2.72. The van der Waals surface area contributed by atoms with Crippen molar-refractivity contribution in [3.63, 3.8) is 0 Å². The van der Waals surface area contributed by atoms with Crippen molar-refractivity contribution in [1.29, 1.82) is 0 Å². The summed E-state index contributed by atoms with van der Waals surface area (Å²) >= 11 is 0. The number of hydrogen-bond donors (Lipinski definition) is 2. The van der Waals surface area contributed by atoms with Gasteiger partial charge in [-0.05, 0) is 45.2 Å². The fourth-order valence-electron chi connectivity index (χ4n) is 2.57. The van der Waals surface area contributed by atoms with Crippen molar-refractivity contribution >= 4 is 5.96 Å². The lowest BCUT2D eigenvalue weighted by Gasteiger charge is -2.14. The molecule has 0 bridgehead atoms. The third-order valence-corrected chi connectivity index (χ3v) is 4.10. The zero-order valence-corrected chi connectivity index (χ0v) is 18.6. The Morgan fingerprint density at radius 3 is 2.55 bits per heavy atom. The molecule has 0 amide bonds. The zero-order chi connectivity index (χ0) is 21.2. The van der Waals surface area contributed by atoms with E-state index in [9.17, 15) is 0 Å². The molecule has 1 rings (SSSR count). The van der Waals surface area contributed by atoms with Crippen LogP contribution in [0, 0.1) is 6.92 Å². The van der Waals surface area contributed by atoms with Gasteiger partial charge < -0.3 is 29.6 Å². The maximum atomic E-state index is 5.91. The lowest BCUT2D eigenvalue weighted by molar-refractivity contribution is 0.0689. The molecule has 0 aliphatic rings. The van der Waals surface area contributed by atoms with Gasteiger partial charge in [0.15, 0.2) is 5.96 Å². The van der Waals surface area contributed by atoms with Crippen LogP contribution in [-0.2, 0) is 20.8 Å². The summed E-state index contributed by atoms with van der Waals surface area (Å²) in [6.45, 7) is 12.2. The van der Waals surface area contributed by atoms with Gasteiger partial charge in [-0.3, -0.25) is 0 Å². The molecule has 0 unspecified atom stereocenters. The lowest BCUT2D eigenvalue weighted by atomic mass is 10.1. The second kappa shape index (κ2) is 17.1. The van der Waals surface area contributed by atoms with E-state index in [-0.39, 0.29) is 0 Å². The smallest absolute Gasteiger partial charge is 0.191 e. The molecule has 29 heavy (non-hydrogen) atoms. The first kappa shape index (κ1) is 25.2. The average molecular weight is 410 g/mol. The zero-order valence-electron chi connectivity index (χ0n) is 18.6. The number of hydrogen-bond acceptors (Lipinski definition) is 5. The van der Waals surface area contributed by atoms with Gasteiger partial charge in [-0.15, -0.1) is 0 Å². The van der Waals surface area contributed by atoms with Gasteiger partial charge in [0.2, 0.25) is 0 Å². The summed E-state index contributed by atoms with van der Waals surface area (Å²) in [6.07, 6.45) is 2.03. The molecule has 1 aromatic carbocycles. The van der Waals surface area contributed by atoms with Crippen LogP contribution in [0.15, 0.2) is 23.2 Å². The molecule has 0 atom stereocenters. The van der Waals surface area contributed by atoms with E-state index in [1.165, 1.54) is 5.56 Å². The predicted octanol–water partition coefficient (Wildman–Crippen LogP) is 2.91. The molecule has 1 aromatic rings. The van der Waals surface area contributed by atoms with E-state index in [1.807, 2.05) is 6.92 Å². The number of methoxy groups -OCH3 is 1. The molecule has 0 aliphatic carbocycles. The molecule has 0 saturated heterocycles. The van der Waals surface area contributed by atoms with Crippen molar-refractivity contribution < 1.29 is 18.9 Å². The summed E-state index contributed by atoms with van der Waals surface area (Å²) < 4.78 is 21.7. The number of nitrogens with zero attached hydrogens (tertiary/aromatic N) is 1. The van der Waals surface area contributed by atoms with E-state index in [1.54, 1.807) is 7.11 Å². The summed E-state index contributed by atoms with van der Waals surface area (Å²) in [7, 11) is 1.68. The molecule has 0 spiro atoms. The van der Waals surface area contributed by atoms with E-state index in [4.69, 9.17) is 23.9 Å². The highest BCUT2D eigenvalue weighted by atomic mass is 16.5. The van der Waals surface area contributed by atoms with Crippen molar-refractivity contribution in [3.05, 3.63) is 29.3 Å². The predicted molar refractivity (Wildman–Crippen MR) is 118 cm³/mol. The minimum absolute atomic E-state index is 0.540. The van der Waals surface area contributed by atoms with Crippen molar-refractivity contribution in [2.45, 2.75) is 40.2 Å². The van der Waals surface area contributed by atoms with Crippen LogP contribution >= 0.6 is 0 Å². The Labute approximate surface area is 176 Å². The fraction of sp³-hybridized carbons (Fsp3) is 0.682. The van der Waals surface area contributed by atoms with Crippen molar-refractivity contribution in [3.8, 4) is 5.75 Å². The van der Waals surface area contributed by atoms with E-state index in [0.717, 1.165) is 49.8 Å². The van der Waals surface area contributed by atoms with Gasteiger partial charge in [0.05, 0.1) is 26.4 Å². The van der Waals surface area contributed by atoms with E-state index < -0.39 is 0 Å². The van der Waals surface area contributed by atoms with Crippen LogP contribution in [0.5, 0.6) is 5.75 Å². The molecule has 2 N–H and O–H groups in total. The van der Waals surface area contributed by atoms with Gasteiger partial charge in [0, 0.05) is 39.0 Å². The quantitative estimate of drug-likeness (QED) is 0.248. The van der Waals surface area contributed by atoms with Gasteiger partial charge in [-0.2, -0.15) is 0 Å². The topological polar surface area (TPSA) is 73.3 Å². The number of unbranched alkanes of at least 4 members (excludes halogenated alkanes) is 1. The molecule has 7 nitrogen and oxygen atoms in total. The Kier molecular flexibility index (Phi) is 14.8. The minimum Gasteiger partial charge on any atom is -0.491 e. The molecule has 0 saturated carbocycles. The molecular weight excluding hydrogens is 370 g/mol. The van der Waals surface area contributed by atoms with Crippen LogP contribution in [0.4, 0.5) is 0 Å². The van der Waals surface area contributed by atoms with Gasteiger partial charge in [-0.1, -0.05) is 12.1 Å².